The van der Waals surface area contributed by atoms with E-state index in [-0.39, 0.29) is 18.9 Å². The summed E-state index contributed by atoms with van der Waals surface area (Å²) in [6.07, 6.45) is -0.529. The molecule has 0 unspecified atom stereocenters. The van der Waals surface area contributed by atoms with Gasteiger partial charge in [0.25, 0.3) is 0 Å². The van der Waals surface area contributed by atoms with E-state index < -0.39 is 18.1 Å². The van der Waals surface area contributed by atoms with Crippen LogP contribution in [0.1, 0.15) is 33.7 Å². The number of carboxylic acid groups (broad SMARTS) is 1. The molecular weight excluding hydrogens is 390 g/mol. The van der Waals surface area contributed by atoms with Gasteiger partial charge in [-0.15, -0.1) is 0 Å². The van der Waals surface area contributed by atoms with Crippen LogP contribution >= 0.6 is 0 Å². The van der Waals surface area contributed by atoms with Crippen molar-refractivity contribution in [2.24, 2.45) is 0 Å². The summed E-state index contributed by atoms with van der Waals surface area (Å²) in [5.41, 5.74) is 7.59. The Morgan fingerprint density at radius 1 is 0.935 bits per heavy atom. The molecule has 0 fully saturated rings. The van der Waals surface area contributed by atoms with Crippen molar-refractivity contribution in [1.82, 2.24) is 5.32 Å². The zero-order chi connectivity index (χ0) is 22.0. The van der Waals surface area contributed by atoms with E-state index in [1.807, 2.05) is 68.4 Å². The first kappa shape index (κ1) is 20.7. The Morgan fingerprint density at radius 3 is 2.13 bits per heavy atom. The van der Waals surface area contributed by atoms with Crippen LogP contribution in [0.25, 0.3) is 11.1 Å². The van der Waals surface area contributed by atoms with Crippen LogP contribution in [0.4, 0.5) is 4.79 Å². The van der Waals surface area contributed by atoms with E-state index >= 15 is 0 Å². The van der Waals surface area contributed by atoms with Gasteiger partial charge in [-0.1, -0.05) is 66.7 Å². The molecule has 0 aromatic heterocycles. The zero-order valence-electron chi connectivity index (χ0n) is 17.6. The number of ether oxygens (including phenoxy) is 1. The summed E-state index contributed by atoms with van der Waals surface area (Å²) in [4.78, 5) is 24.2. The molecule has 1 aliphatic carbocycles. The third-order valence-corrected chi connectivity index (χ3v) is 5.95. The molecular formula is C26H25NO4. The molecule has 31 heavy (non-hydrogen) atoms. The van der Waals surface area contributed by atoms with Gasteiger partial charge in [0, 0.05) is 12.3 Å². The molecule has 0 bridgehead atoms. The highest BCUT2D eigenvalue weighted by atomic mass is 16.5. The van der Waals surface area contributed by atoms with Crippen molar-refractivity contribution in [3.8, 4) is 11.1 Å². The molecule has 1 atom stereocenters. The van der Waals surface area contributed by atoms with Gasteiger partial charge in [-0.2, -0.15) is 0 Å². The summed E-state index contributed by atoms with van der Waals surface area (Å²) < 4.78 is 5.49. The second-order valence-electron chi connectivity index (χ2n) is 7.98. The van der Waals surface area contributed by atoms with Crippen LogP contribution in [0.2, 0.25) is 0 Å². The summed E-state index contributed by atoms with van der Waals surface area (Å²) >= 11 is 0. The molecule has 0 aliphatic heterocycles. The first-order valence-electron chi connectivity index (χ1n) is 10.3. The molecule has 0 radical (unpaired) electrons. The fourth-order valence-corrected chi connectivity index (χ4v) is 4.15. The Balaban J connectivity index is 1.43. The number of benzene rings is 3. The van der Waals surface area contributed by atoms with Crippen molar-refractivity contribution >= 4 is 12.1 Å². The smallest absolute Gasteiger partial charge is 0.407 e. The molecule has 1 aliphatic rings. The van der Waals surface area contributed by atoms with Crippen LogP contribution in [0, 0.1) is 13.8 Å². The SMILES string of the molecule is Cc1ccc(C[C@@H](NC(=O)OCC2c3ccccc3-c3ccccc32)C(=O)O)cc1C. The number of hydrogen-bond donors (Lipinski definition) is 2. The van der Waals surface area contributed by atoms with Crippen LogP contribution in [-0.2, 0) is 16.0 Å². The lowest BCUT2D eigenvalue weighted by atomic mass is 9.98. The summed E-state index contributed by atoms with van der Waals surface area (Å²) in [6, 6.07) is 20.9. The Hall–Kier alpha value is -3.60. The number of carbonyl (C=O) groups is 2. The van der Waals surface area contributed by atoms with Gasteiger partial charge in [-0.05, 0) is 52.8 Å². The predicted molar refractivity (Wildman–Crippen MR) is 119 cm³/mol. The van der Waals surface area contributed by atoms with Crippen molar-refractivity contribution in [3.05, 3.63) is 94.5 Å². The molecule has 4 rings (SSSR count). The van der Waals surface area contributed by atoms with E-state index in [1.165, 1.54) is 0 Å². The summed E-state index contributed by atoms with van der Waals surface area (Å²) in [5.74, 6) is -1.16. The van der Waals surface area contributed by atoms with Crippen molar-refractivity contribution in [1.29, 1.82) is 0 Å². The van der Waals surface area contributed by atoms with Gasteiger partial charge in [-0.3, -0.25) is 0 Å². The van der Waals surface area contributed by atoms with E-state index in [0.717, 1.165) is 38.9 Å². The second-order valence-corrected chi connectivity index (χ2v) is 7.98. The standard InChI is InChI=1S/C26H25NO4/c1-16-11-12-18(13-17(16)2)14-24(25(28)29)27-26(30)31-15-23-21-9-5-3-7-19(21)20-8-4-6-10-22(20)23/h3-13,23-24H,14-15H2,1-2H3,(H,27,30)(H,28,29)/t24-/m1/s1. The average molecular weight is 415 g/mol. The maximum Gasteiger partial charge on any atom is 0.407 e. The van der Waals surface area contributed by atoms with Crippen LogP contribution < -0.4 is 5.32 Å². The molecule has 2 N–H and O–H groups in total. The number of rotatable bonds is 6. The normalized spacial score (nSPS) is 13.2. The first-order chi connectivity index (χ1) is 14.9. The number of aryl methyl sites for hydroxylation is 2. The molecule has 3 aromatic carbocycles. The minimum absolute atomic E-state index is 0.0684. The van der Waals surface area contributed by atoms with Crippen LogP contribution in [-0.4, -0.2) is 29.8 Å². The molecule has 0 saturated carbocycles. The number of aliphatic carboxylic acids is 1. The molecule has 5 heteroatoms. The van der Waals surface area contributed by atoms with Crippen molar-refractivity contribution < 1.29 is 19.4 Å². The summed E-state index contributed by atoms with van der Waals surface area (Å²) in [6.45, 7) is 4.13. The average Bonchev–Trinajstić information content (AvgIpc) is 3.08. The largest absolute Gasteiger partial charge is 0.480 e. The second kappa shape index (κ2) is 8.64. The summed E-state index contributed by atoms with van der Waals surface area (Å²) in [7, 11) is 0. The molecule has 1 amide bonds. The number of hydrogen-bond acceptors (Lipinski definition) is 3. The minimum Gasteiger partial charge on any atom is -0.480 e. The molecule has 5 nitrogen and oxygen atoms in total. The Kier molecular flexibility index (Phi) is 5.76. The van der Waals surface area contributed by atoms with E-state index in [4.69, 9.17) is 4.74 Å². The van der Waals surface area contributed by atoms with Crippen molar-refractivity contribution in [2.45, 2.75) is 32.2 Å². The van der Waals surface area contributed by atoms with Crippen LogP contribution in [0.3, 0.4) is 0 Å². The van der Waals surface area contributed by atoms with Gasteiger partial charge >= 0.3 is 12.1 Å². The molecule has 0 saturated heterocycles. The quantitative estimate of drug-likeness (QED) is 0.604. The van der Waals surface area contributed by atoms with E-state index in [2.05, 4.69) is 17.4 Å². The van der Waals surface area contributed by atoms with Crippen molar-refractivity contribution in [2.75, 3.05) is 6.61 Å². The topological polar surface area (TPSA) is 75.6 Å². The fraction of sp³-hybridized carbons (Fsp3) is 0.231. The number of amides is 1. The number of carboxylic acids is 1. The lowest BCUT2D eigenvalue weighted by Crippen LogP contribution is -2.42. The Bertz CT molecular complexity index is 1090. The van der Waals surface area contributed by atoms with Crippen LogP contribution in [0.15, 0.2) is 66.7 Å². The monoisotopic (exact) mass is 415 g/mol. The third kappa shape index (κ3) is 4.31. The third-order valence-electron chi connectivity index (χ3n) is 5.95. The Morgan fingerprint density at radius 2 is 1.55 bits per heavy atom. The van der Waals surface area contributed by atoms with Gasteiger partial charge in [0.15, 0.2) is 0 Å². The highest BCUT2D eigenvalue weighted by Gasteiger charge is 2.29. The Labute approximate surface area is 181 Å². The van der Waals surface area contributed by atoms with Gasteiger partial charge in [-0.25, -0.2) is 9.59 Å². The van der Waals surface area contributed by atoms with E-state index in [9.17, 15) is 14.7 Å². The lowest BCUT2D eigenvalue weighted by molar-refractivity contribution is -0.139. The maximum atomic E-state index is 12.5. The molecule has 158 valence electrons. The highest BCUT2D eigenvalue weighted by Crippen LogP contribution is 2.44. The number of alkyl carbamates (subject to hydrolysis) is 1. The van der Waals surface area contributed by atoms with E-state index in [0.29, 0.717) is 0 Å². The fourth-order valence-electron chi connectivity index (χ4n) is 4.15. The highest BCUT2D eigenvalue weighted by molar-refractivity contribution is 5.81. The van der Waals surface area contributed by atoms with Crippen LogP contribution in [0.5, 0.6) is 0 Å². The first-order valence-corrected chi connectivity index (χ1v) is 10.3. The molecule has 3 aromatic rings. The van der Waals surface area contributed by atoms with Crippen molar-refractivity contribution in [3.63, 3.8) is 0 Å². The van der Waals surface area contributed by atoms with Gasteiger partial charge in [0.05, 0.1) is 0 Å². The van der Waals surface area contributed by atoms with E-state index in [1.54, 1.807) is 0 Å². The molecule has 0 spiro atoms. The molecule has 0 heterocycles. The predicted octanol–water partition coefficient (Wildman–Crippen LogP) is 4.84. The number of carbonyl (C=O) groups excluding carboxylic acids is 1. The van der Waals surface area contributed by atoms with Gasteiger partial charge in [0.2, 0.25) is 0 Å². The lowest BCUT2D eigenvalue weighted by Gasteiger charge is -2.18. The maximum absolute atomic E-state index is 12.5. The minimum atomic E-state index is -1.09. The number of nitrogens with one attached hydrogen (secondary N) is 1. The van der Waals surface area contributed by atoms with Gasteiger partial charge in [0.1, 0.15) is 12.6 Å². The zero-order valence-corrected chi connectivity index (χ0v) is 17.6. The van der Waals surface area contributed by atoms with Gasteiger partial charge < -0.3 is 15.2 Å². The summed E-state index contributed by atoms with van der Waals surface area (Å²) in [5, 5.41) is 12.1. The number of fused-ring (bicyclic) bond motifs is 3.